The van der Waals surface area contributed by atoms with Gasteiger partial charge in [0.25, 0.3) is 0 Å². The molecule has 3 nitrogen and oxygen atoms in total. The molecule has 98 valence electrons. The van der Waals surface area contributed by atoms with Gasteiger partial charge in [-0.3, -0.25) is 0 Å². The minimum absolute atomic E-state index is 0.317. The Kier molecular flexibility index (Phi) is 5.26. The SMILES string of the molecule is O=C(O)c1cc(Br)ccc1NCC1CSCCS1. The van der Waals surface area contributed by atoms with Crippen molar-refractivity contribution in [2.75, 3.05) is 29.1 Å². The lowest BCUT2D eigenvalue weighted by molar-refractivity contribution is 0.0698. The third kappa shape index (κ3) is 3.83. The molecule has 1 saturated heterocycles. The third-order valence-corrected chi connectivity index (χ3v) is 5.96. The molecular formula is C12H14BrNO2S2. The molecule has 0 saturated carbocycles. The number of nitrogens with one attached hydrogen (secondary N) is 1. The maximum absolute atomic E-state index is 11.2. The lowest BCUT2D eigenvalue weighted by atomic mass is 10.2. The van der Waals surface area contributed by atoms with Crippen molar-refractivity contribution in [2.45, 2.75) is 5.25 Å². The van der Waals surface area contributed by atoms with Gasteiger partial charge in [0.1, 0.15) is 0 Å². The van der Waals surface area contributed by atoms with Gasteiger partial charge in [0.05, 0.1) is 5.56 Å². The van der Waals surface area contributed by atoms with Crippen LogP contribution in [0.5, 0.6) is 0 Å². The lowest BCUT2D eigenvalue weighted by Gasteiger charge is -2.22. The smallest absolute Gasteiger partial charge is 0.337 e. The minimum atomic E-state index is -0.899. The van der Waals surface area contributed by atoms with E-state index in [1.807, 2.05) is 35.7 Å². The Morgan fingerprint density at radius 2 is 2.33 bits per heavy atom. The van der Waals surface area contributed by atoms with E-state index >= 15 is 0 Å². The van der Waals surface area contributed by atoms with Crippen LogP contribution in [0.3, 0.4) is 0 Å². The first-order valence-corrected chi connectivity index (χ1v) is 8.62. The maximum atomic E-state index is 11.2. The van der Waals surface area contributed by atoms with Crippen LogP contribution < -0.4 is 5.32 Å². The average Bonchev–Trinajstić information content (AvgIpc) is 2.38. The molecule has 0 spiro atoms. The Hall–Kier alpha value is -0.330. The number of halogens is 1. The average molecular weight is 348 g/mol. The molecule has 1 fully saturated rings. The lowest BCUT2D eigenvalue weighted by Crippen LogP contribution is -2.23. The Labute approximate surface area is 123 Å². The Morgan fingerprint density at radius 1 is 1.50 bits per heavy atom. The monoisotopic (exact) mass is 347 g/mol. The summed E-state index contributed by atoms with van der Waals surface area (Å²) in [5.74, 6) is 2.64. The van der Waals surface area contributed by atoms with Crippen molar-refractivity contribution >= 4 is 51.1 Å². The van der Waals surface area contributed by atoms with Crippen molar-refractivity contribution in [2.24, 2.45) is 0 Å². The predicted octanol–water partition coefficient (Wildman–Crippen LogP) is 3.41. The molecule has 2 N–H and O–H groups in total. The molecule has 1 aliphatic rings. The summed E-state index contributed by atoms with van der Waals surface area (Å²) in [7, 11) is 0. The van der Waals surface area contributed by atoms with Gasteiger partial charge in [-0.25, -0.2) is 4.79 Å². The van der Waals surface area contributed by atoms with Crippen molar-refractivity contribution in [3.8, 4) is 0 Å². The van der Waals surface area contributed by atoms with E-state index in [1.165, 1.54) is 11.5 Å². The molecule has 6 heteroatoms. The van der Waals surface area contributed by atoms with E-state index in [0.29, 0.717) is 16.5 Å². The van der Waals surface area contributed by atoms with Crippen molar-refractivity contribution in [1.82, 2.24) is 0 Å². The quantitative estimate of drug-likeness (QED) is 0.873. The fourth-order valence-corrected chi connectivity index (χ4v) is 4.70. The van der Waals surface area contributed by atoms with Gasteiger partial charge in [0, 0.05) is 39.2 Å². The van der Waals surface area contributed by atoms with Gasteiger partial charge in [-0.05, 0) is 18.2 Å². The largest absolute Gasteiger partial charge is 0.478 e. The fourth-order valence-electron chi connectivity index (χ4n) is 1.73. The Bertz CT molecular complexity index is 436. The standard InChI is InChI=1S/C12H14BrNO2S2/c13-8-1-2-11(10(5-8)12(15)16)14-6-9-7-17-3-4-18-9/h1-2,5,9,14H,3-4,6-7H2,(H,15,16). The van der Waals surface area contributed by atoms with Crippen molar-refractivity contribution < 1.29 is 9.90 Å². The normalized spacial score (nSPS) is 19.5. The van der Waals surface area contributed by atoms with Crippen LogP contribution in [-0.4, -0.2) is 40.1 Å². The van der Waals surface area contributed by atoms with Crippen molar-refractivity contribution in [3.05, 3.63) is 28.2 Å². The molecule has 0 amide bonds. The number of hydrogen-bond donors (Lipinski definition) is 2. The second-order valence-corrected chi connectivity index (χ2v) is 7.42. The first kappa shape index (κ1) is 14.1. The van der Waals surface area contributed by atoms with Crippen LogP contribution in [0.25, 0.3) is 0 Å². The van der Waals surface area contributed by atoms with E-state index in [1.54, 1.807) is 6.07 Å². The Morgan fingerprint density at radius 3 is 3.00 bits per heavy atom. The maximum Gasteiger partial charge on any atom is 0.337 e. The number of carboxylic acid groups (broad SMARTS) is 1. The van der Waals surface area contributed by atoms with Gasteiger partial charge in [0.15, 0.2) is 0 Å². The Balaban J connectivity index is 2.01. The van der Waals surface area contributed by atoms with Crippen LogP contribution in [0.15, 0.2) is 22.7 Å². The summed E-state index contributed by atoms with van der Waals surface area (Å²) in [6.45, 7) is 0.819. The number of anilines is 1. The van der Waals surface area contributed by atoms with Gasteiger partial charge in [-0.1, -0.05) is 15.9 Å². The van der Waals surface area contributed by atoms with E-state index in [9.17, 15) is 4.79 Å². The molecule has 2 rings (SSSR count). The number of carbonyl (C=O) groups is 1. The second-order valence-electron chi connectivity index (χ2n) is 3.94. The van der Waals surface area contributed by atoms with E-state index in [-0.39, 0.29) is 0 Å². The van der Waals surface area contributed by atoms with Crippen LogP contribution in [0.4, 0.5) is 5.69 Å². The molecule has 1 atom stereocenters. The summed E-state index contributed by atoms with van der Waals surface area (Å²) in [5, 5.41) is 13.0. The summed E-state index contributed by atoms with van der Waals surface area (Å²) < 4.78 is 0.785. The number of aromatic carboxylic acids is 1. The van der Waals surface area contributed by atoms with Crippen LogP contribution in [0.1, 0.15) is 10.4 Å². The topological polar surface area (TPSA) is 49.3 Å². The molecule has 0 bridgehead atoms. The molecule has 0 aliphatic carbocycles. The summed E-state index contributed by atoms with van der Waals surface area (Å²) in [4.78, 5) is 11.2. The predicted molar refractivity (Wildman–Crippen MR) is 83.2 cm³/mol. The summed E-state index contributed by atoms with van der Waals surface area (Å²) in [6.07, 6.45) is 0. The molecular weight excluding hydrogens is 334 g/mol. The van der Waals surface area contributed by atoms with E-state index in [2.05, 4.69) is 21.2 Å². The van der Waals surface area contributed by atoms with Gasteiger partial charge in [-0.2, -0.15) is 23.5 Å². The second kappa shape index (κ2) is 6.73. The molecule has 1 aromatic rings. The number of rotatable bonds is 4. The number of hydrogen-bond acceptors (Lipinski definition) is 4. The van der Waals surface area contributed by atoms with Gasteiger partial charge in [-0.15, -0.1) is 0 Å². The van der Waals surface area contributed by atoms with Crippen LogP contribution in [-0.2, 0) is 0 Å². The number of carboxylic acids is 1. The molecule has 0 radical (unpaired) electrons. The highest BCUT2D eigenvalue weighted by molar-refractivity contribution is 9.10. The first-order chi connectivity index (χ1) is 8.66. The third-order valence-electron chi connectivity index (χ3n) is 2.62. The molecule has 0 aromatic heterocycles. The molecule has 1 aromatic carbocycles. The van der Waals surface area contributed by atoms with E-state index in [0.717, 1.165) is 16.8 Å². The van der Waals surface area contributed by atoms with Crippen molar-refractivity contribution in [1.29, 1.82) is 0 Å². The van der Waals surface area contributed by atoms with Crippen LogP contribution in [0, 0.1) is 0 Å². The van der Waals surface area contributed by atoms with Gasteiger partial charge < -0.3 is 10.4 Å². The number of benzene rings is 1. The highest BCUT2D eigenvalue weighted by Crippen LogP contribution is 2.26. The summed E-state index contributed by atoms with van der Waals surface area (Å²) in [6, 6.07) is 5.30. The van der Waals surface area contributed by atoms with E-state index < -0.39 is 5.97 Å². The zero-order valence-electron chi connectivity index (χ0n) is 9.69. The summed E-state index contributed by atoms with van der Waals surface area (Å²) in [5.41, 5.74) is 1.01. The molecule has 1 unspecified atom stereocenters. The first-order valence-electron chi connectivity index (χ1n) is 5.63. The highest BCUT2D eigenvalue weighted by Gasteiger charge is 2.16. The van der Waals surface area contributed by atoms with E-state index in [4.69, 9.17) is 5.11 Å². The molecule has 1 heterocycles. The van der Waals surface area contributed by atoms with Crippen LogP contribution in [0.2, 0.25) is 0 Å². The molecule has 1 aliphatic heterocycles. The minimum Gasteiger partial charge on any atom is -0.478 e. The summed E-state index contributed by atoms with van der Waals surface area (Å²) >= 11 is 7.22. The van der Waals surface area contributed by atoms with Gasteiger partial charge in [0.2, 0.25) is 0 Å². The fraction of sp³-hybridized carbons (Fsp3) is 0.417. The molecule has 18 heavy (non-hydrogen) atoms. The number of thioether (sulfide) groups is 2. The zero-order valence-corrected chi connectivity index (χ0v) is 12.9. The highest BCUT2D eigenvalue weighted by atomic mass is 79.9. The van der Waals surface area contributed by atoms with Gasteiger partial charge >= 0.3 is 5.97 Å². The van der Waals surface area contributed by atoms with Crippen LogP contribution >= 0.6 is 39.5 Å². The zero-order chi connectivity index (χ0) is 13.0. The van der Waals surface area contributed by atoms with Crippen molar-refractivity contribution in [3.63, 3.8) is 0 Å².